The van der Waals surface area contributed by atoms with E-state index in [9.17, 15) is 0 Å². The zero-order valence-electron chi connectivity index (χ0n) is 21.9. The molecule has 0 nitrogen and oxygen atoms in total. The summed E-state index contributed by atoms with van der Waals surface area (Å²) in [5, 5.41) is 0. The maximum Gasteiger partial charge on any atom is 0.226 e. The second-order valence-electron chi connectivity index (χ2n) is 9.61. The maximum absolute atomic E-state index is 6.90. The van der Waals surface area contributed by atoms with Crippen molar-refractivity contribution in [3.63, 3.8) is 0 Å². The first kappa shape index (κ1) is 53.1. The van der Waals surface area contributed by atoms with Crippen LogP contribution in [0.3, 0.4) is 0 Å². The molecule has 1 aromatic rings. The molecule has 1 rings (SSSR count). The Labute approximate surface area is 411 Å². The van der Waals surface area contributed by atoms with Crippen molar-refractivity contribution in [3.8, 4) is 0 Å². The molecule has 27 heteroatoms. The fourth-order valence-corrected chi connectivity index (χ4v) is 10.2. The van der Waals surface area contributed by atoms with Crippen LogP contribution in [0.15, 0.2) is 12.1 Å². The average Bonchev–Trinajstić information content (AvgIpc) is 2.84. The van der Waals surface area contributed by atoms with Crippen molar-refractivity contribution < 1.29 is 0 Å². The van der Waals surface area contributed by atoms with E-state index in [2.05, 4.69) is 0 Å². The zero-order chi connectivity index (χ0) is 39.3. The molecule has 0 aliphatic rings. The highest BCUT2D eigenvalue weighted by Crippen LogP contribution is 2.71. The van der Waals surface area contributed by atoms with E-state index in [0.29, 0.717) is 0 Å². The standard InChI is InChI=1S/C21H8Cl27/c1-5(2)9-7(11(24,25)14(30,31)17(36,37)20(43,44)45)3-6(10(22,23)13(28,29)16(34,35)19(40,41)42)4-8(9)12(26,27)15(32,33)18(38,39)21(46,47)48/h3-4H,1-2H3. The van der Waals surface area contributed by atoms with Crippen LogP contribution in [0.1, 0.15) is 36.1 Å². The Kier molecular flexibility index (Phi) is 18.2. The van der Waals surface area contributed by atoms with E-state index in [1.807, 2.05) is 0 Å². The van der Waals surface area contributed by atoms with Gasteiger partial charge in [0.05, 0.1) is 0 Å². The Morgan fingerprint density at radius 2 is 0.542 bits per heavy atom. The van der Waals surface area contributed by atoms with Gasteiger partial charge >= 0.3 is 0 Å². The summed E-state index contributed by atoms with van der Waals surface area (Å²) in [6.07, 6.45) is 0. The molecule has 0 N–H and O–H groups in total. The van der Waals surface area contributed by atoms with Gasteiger partial charge in [0.2, 0.25) is 24.4 Å². The molecule has 0 fully saturated rings. The first-order chi connectivity index (χ1) is 20.4. The van der Waals surface area contributed by atoms with E-state index in [1.54, 1.807) is 0 Å². The quantitative estimate of drug-likeness (QED) is 0.205. The molecule has 0 unspecified atom stereocenters. The lowest BCUT2D eigenvalue weighted by atomic mass is 9.83. The molecule has 0 aromatic heterocycles. The van der Waals surface area contributed by atoms with E-state index < -0.39 is 67.1 Å². The zero-order valence-corrected chi connectivity index (χ0v) is 42.3. The number of halogens is 27. The van der Waals surface area contributed by atoms with Crippen molar-refractivity contribution in [1.82, 2.24) is 0 Å². The minimum absolute atomic E-state index is 0.213. The van der Waals surface area contributed by atoms with Crippen LogP contribution in [0.5, 0.6) is 0 Å². The van der Waals surface area contributed by atoms with Gasteiger partial charge in [0.15, 0.2) is 26.0 Å². The van der Waals surface area contributed by atoms with Gasteiger partial charge in [-0.1, -0.05) is 327 Å². The van der Waals surface area contributed by atoms with E-state index >= 15 is 0 Å². The van der Waals surface area contributed by atoms with Gasteiger partial charge in [-0.2, -0.15) is 0 Å². The van der Waals surface area contributed by atoms with Gasteiger partial charge in [-0.15, -0.1) is 0 Å². The molecule has 0 atom stereocenters. The molecule has 0 amide bonds. The summed E-state index contributed by atoms with van der Waals surface area (Å²) in [7, 11) is 0. The Morgan fingerprint density at radius 3 is 0.729 bits per heavy atom. The summed E-state index contributed by atoms with van der Waals surface area (Å²) in [4.78, 5) is 0. The molecule has 0 saturated heterocycles. The smallest absolute Gasteiger partial charge is 0.0943 e. The summed E-state index contributed by atoms with van der Waals surface area (Å²) in [5.41, 5.74) is -1.75. The molecule has 0 saturated carbocycles. The average molecular weight is 1220 g/mol. The lowest BCUT2D eigenvalue weighted by Gasteiger charge is -2.48. The minimum atomic E-state index is -2.95. The van der Waals surface area contributed by atoms with Crippen molar-refractivity contribution in [3.05, 3.63) is 40.3 Å². The molecule has 1 aromatic carbocycles. The predicted molar refractivity (Wildman–Crippen MR) is 228 cm³/mol. The van der Waals surface area contributed by atoms with Crippen LogP contribution in [-0.2, 0) is 13.0 Å². The molecule has 0 heterocycles. The van der Waals surface area contributed by atoms with Gasteiger partial charge in [-0.05, 0) is 40.3 Å². The third-order valence-corrected chi connectivity index (χ3v) is 22.5. The van der Waals surface area contributed by atoms with Gasteiger partial charge < -0.3 is 0 Å². The fourth-order valence-electron chi connectivity index (χ4n) is 3.50. The predicted octanol–water partition coefficient (Wildman–Crippen LogP) is 18.7. The van der Waals surface area contributed by atoms with Gasteiger partial charge in [-0.25, -0.2) is 0 Å². The minimum Gasteiger partial charge on any atom is -0.0943 e. The van der Waals surface area contributed by atoms with Crippen LogP contribution >= 0.6 is 313 Å². The highest BCUT2D eigenvalue weighted by Gasteiger charge is 2.73. The second kappa shape index (κ2) is 16.5. The Morgan fingerprint density at radius 1 is 0.333 bits per heavy atom. The molecule has 0 aliphatic carbocycles. The van der Waals surface area contributed by atoms with Crippen LogP contribution in [-0.4, -0.2) is 37.4 Å². The van der Waals surface area contributed by atoms with Crippen molar-refractivity contribution >= 4 is 313 Å². The normalized spacial score (nSPS) is 16.2. The molecule has 281 valence electrons. The van der Waals surface area contributed by atoms with E-state index in [0.717, 1.165) is 12.1 Å². The Balaban J connectivity index is 4.77. The number of hydrogen-bond donors (Lipinski definition) is 0. The van der Waals surface area contributed by atoms with Crippen LogP contribution in [0.25, 0.3) is 0 Å². The van der Waals surface area contributed by atoms with Gasteiger partial charge in [-0.3, -0.25) is 0 Å². The topological polar surface area (TPSA) is 0 Å². The van der Waals surface area contributed by atoms with Gasteiger partial charge in [0, 0.05) is 0 Å². The Hall–Kier alpha value is 7.05. The van der Waals surface area contributed by atoms with Crippen molar-refractivity contribution in [2.24, 2.45) is 0 Å². The van der Waals surface area contributed by atoms with Crippen LogP contribution in [0.2, 0.25) is 0 Å². The molecule has 1 radical (unpaired) electrons. The number of hydrogen-bond acceptors (Lipinski definition) is 0. The maximum atomic E-state index is 6.90. The van der Waals surface area contributed by atoms with Crippen LogP contribution < -0.4 is 0 Å². The van der Waals surface area contributed by atoms with Gasteiger partial charge in [0.1, 0.15) is 0 Å². The molecular weight excluding hydrogens is 1210 g/mol. The van der Waals surface area contributed by atoms with Crippen molar-refractivity contribution in [2.75, 3.05) is 0 Å². The highest BCUT2D eigenvalue weighted by atomic mass is 35.6. The molecule has 48 heavy (non-hydrogen) atoms. The number of benzene rings is 1. The van der Waals surface area contributed by atoms with E-state index in [1.165, 1.54) is 13.8 Å². The summed E-state index contributed by atoms with van der Waals surface area (Å²) >= 11 is 173. The number of alkyl halides is 27. The molecular formula is C21H8Cl27. The number of rotatable bonds is 10. The third-order valence-electron chi connectivity index (χ3n) is 6.11. The van der Waals surface area contributed by atoms with Crippen LogP contribution in [0, 0.1) is 5.92 Å². The fraction of sp³-hybridized carbons (Fsp3) is 0.667. The SMILES string of the molecule is C[C](C)c1c(C(Cl)(Cl)C(Cl)(Cl)C(Cl)(Cl)C(Cl)(Cl)Cl)cc(C(Cl)(Cl)C(Cl)(Cl)C(Cl)(Cl)C(Cl)(Cl)Cl)cc1C(Cl)(Cl)C(Cl)(Cl)C(Cl)(Cl)C(Cl)(Cl)Cl. The second-order valence-corrected chi connectivity index (χ2v) is 28.4. The summed E-state index contributed by atoms with van der Waals surface area (Å²) < 4.78 is -34.0. The third kappa shape index (κ3) is 9.05. The molecule has 0 bridgehead atoms. The summed E-state index contributed by atoms with van der Waals surface area (Å²) in [6, 6.07) is 1.96. The largest absolute Gasteiger partial charge is 0.226 e. The Bertz CT molecular complexity index is 1260. The molecule has 0 aliphatic heterocycles. The summed E-state index contributed by atoms with van der Waals surface area (Å²) in [5.74, 6) is 0.214. The van der Waals surface area contributed by atoms with Crippen molar-refractivity contribution in [2.45, 2.75) is 64.2 Å². The molecule has 0 spiro atoms. The van der Waals surface area contributed by atoms with Crippen LogP contribution in [0.4, 0.5) is 0 Å². The lowest BCUT2D eigenvalue weighted by Crippen LogP contribution is -2.57. The summed E-state index contributed by atoms with van der Waals surface area (Å²) in [6.45, 7) is 2.93. The lowest BCUT2D eigenvalue weighted by molar-refractivity contribution is 0.575. The van der Waals surface area contributed by atoms with E-state index in [-0.39, 0.29) is 11.5 Å². The first-order valence-corrected chi connectivity index (χ1v) is 21.2. The van der Waals surface area contributed by atoms with Gasteiger partial charge in [0.25, 0.3) is 0 Å². The first-order valence-electron chi connectivity index (χ1n) is 11.0. The monoisotopic (exact) mass is 1200 g/mol. The highest BCUT2D eigenvalue weighted by molar-refractivity contribution is 6.82. The van der Waals surface area contributed by atoms with Crippen molar-refractivity contribution in [1.29, 1.82) is 0 Å². The van der Waals surface area contributed by atoms with E-state index in [4.69, 9.17) is 313 Å².